The summed E-state index contributed by atoms with van der Waals surface area (Å²) in [5, 5.41) is 0. The predicted molar refractivity (Wildman–Crippen MR) is 75.6 cm³/mol. The van der Waals surface area contributed by atoms with Crippen LogP contribution in [0.2, 0.25) is 0 Å². The van der Waals surface area contributed by atoms with Crippen molar-refractivity contribution in [3.8, 4) is 0 Å². The minimum Gasteiger partial charge on any atom is -0.0654 e. The maximum absolute atomic E-state index is 2.53. The van der Waals surface area contributed by atoms with E-state index in [2.05, 4.69) is 27.2 Å². The molecule has 0 heterocycles. The molecule has 0 aliphatic heterocycles. The lowest BCUT2D eigenvalue weighted by molar-refractivity contribution is 0.479. The second-order valence-electron chi connectivity index (χ2n) is 5.33. The maximum Gasteiger partial charge on any atom is -0.0383 e. The van der Waals surface area contributed by atoms with E-state index >= 15 is 0 Å². The van der Waals surface area contributed by atoms with Gasteiger partial charge in [0.25, 0.3) is 0 Å². The van der Waals surface area contributed by atoms with Crippen molar-refractivity contribution in [3.63, 3.8) is 0 Å². The average molecular weight is 225 g/mol. The van der Waals surface area contributed by atoms with E-state index in [1.165, 1.54) is 70.6 Å². The van der Waals surface area contributed by atoms with Crippen molar-refractivity contribution in [2.24, 2.45) is 5.92 Å². The van der Waals surface area contributed by atoms with Gasteiger partial charge in [-0.2, -0.15) is 0 Å². The highest BCUT2D eigenvalue weighted by Crippen LogP contribution is 2.16. The minimum absolute atomic E-state index is 0.919. The first-order valence-electron chi connectivity index (χ1n) is 7.62. The van der Waals surface area contributed by atoms with Crippen LogP contribution in [0.3, 0.4) is 0 Å². The molecule has 0 rings (SSSR count). The van der Waals surface area contributed by atoms with Gasteiger partial charge in [0, 0.05) is 0 Å². The Bertz CT molecular complexity index is 117. The van der Waals surface area contributed by atoms with Crippen LogP contribution in [0.4, 0.5) is 0 Å². The van der Waals surface area contributed by atoms with Crippen molar-refractivity contribution >= 4 is 0 Å². The third kappa shape index (κ3) is 12.1. The van der Waals surface area contributed by atoms with Crippen LogP contribution in [0.25, 0.3) is 0 Å². The largest absolute Gasteiger partial charge is 0.0654 e. The summed E-state index contributed by atoms with van der Waals surface area (Å²) in [6.07, 6.45) is 17.9. The Morgan fingerprint density at radius 1 is 0.812 bits per heavy atom. The van der Waals surface area contributed by atoms with Crippen LogP contribution in [0.5, 0.6) is 0 Å². The summed E-state index contributed by atoms with van der Waals surface area (Å²) in [5.74, 6) is 0.919. The second-order valence-corrected chi connectivity index (χ2v) is 5.33. The highest BCUT2D eigenvalue weighted by atomic mass is 14.1. The molecular weight excluding hydrogens is 192 g/mol. The van der Waals surface area contributed by atoms with Crippen LogP contribution < -0.4 is 0 Å². The standard InChI is InChI=1S/C16H33/c1-4-6-8-9-10-11-13-15-16(3)14-12-7-5-2/h13,16H,4-12,14-15H2,1-3H3. The third-order valence-corrected chi connectivity index (χ3v) is 3.38. The van der Waals surface area contributed by atoms with Crippen LogP contribution in [0.1, 0.15) is 91.4 Å². The van der Waals surface area contributed by atoms with E-state index in [0.29, 0.717) is 0 Å². The van der Waals surface area contributed by atoms with Gasteiger partial charge in [0.15, 0.2) is 0 Å². The molecule has 1 unspecified atom stereocenters. The second kappa shape index (κ2) is 13.1. The molecule has 0 saturated heterocycles. The van der Waals surface area contributed by atoms with E-state index in [-0.39, 0.29) is 0 Å². The van der Waals surface area contributed by atoms with Crippen LogP contribution >= 0.6 is 0 Å². The fourth-order valence-corrected chi connectivity index (χ4v) is 2.16. The summed E-state index contributed by atoms with van der Waals surface area (Å²) in [4.78, 5) is 0. The Morgan fingerprint density at radius 2 is 1.44 bits per heavy atom. The van der Waals surface area contributed by atoms with Crippen molar-refractivity contribution in [2.45, 2.75) is 91.4 Å². The topological polar surface area (TPSA) is 0 Å². The molecule has 16 heavy (non-hydrogen) atoms. The van der Waals surface area contributed by atoms with Crippen LogP contribution in [-0.2, 0) is 0 Å². The van der Waals surface area contributed by atoms with E-state index < -0.39 is 0 Å². The van der Waals surface area contributed by atoms with Crippen molar-refractivity contribution in [1.82, 2.24) is 0 Å². The fraction of sp³-hybridized carbons (Fsp3) is 0.938. The number of rotatable bonds is 12. The number of hydrogen-bond donors (Lipinski definition) is 0. The van der Waals surface area contributed by atoms with Gasteiger partial charge in [0.05, 0.1) is 0 Å². The lowest BCUT2D eigenvalue weighted by atomic mass is 9.96. The van der Waals surface area contributed by atoms with Gasteiger partial charge in [-0.3, -0.25) is 0 Å². The Hall–Kier alpha value is 0. The molecular formula is C16H33. The highest BCUT2D eigenvalue weighted by molar-refractivity contribution is 4.68. The lowest BCUT2D eigenvalue weighted by Gasteiger charge is -2.10. The van der Waals surface area contributed by atoms with Gasteiger partial charge < -0.3 is 0 Å². The zero-order valence-corrected chi connectivity index (χ0v) is 11.9. The monoisotopic (exact) mass is 225 g/mol. The Morgan fingerprint density at radius 3 is 2.12 bits per heavy atom. The van der Waals surface area contributed by atoms with Gasteiger partial charge in [-0.25, -0.2) is 0 Å². The summed E-state index contributed by atoms with van der Waals surface area (Å²) in [6, 6.07) is 0. The molecule has 0 aromatic carbocycles. The summed E-state index contributed by atoms with van der Waals surface area (Å²) in [5.41, 5.74) is 0. The predicted octanol–water partition coefficient (Wildman–Crippen LogP) is 6.16. The summed E-state index contributed by atoms with van der Waals surface area (Å²) >= 11 is 0. The quantitative estimate of drug-likeness (QED) is 0.349. The molecule has 0 amide bonds. The minimum atomic E-state index is 0.919. The fourth-order valence-electron chi connectivity index (χ4n) is 2.16. The molecule has 0 N–H and O–H groups in total. The SMILES string of the molecule is CCCCCCC[CH]CC(C)CCCCC. The molecule has 0 fully saturated rings. The molecule has 0 aliphatic rings. The molecule has 0 heteroatoms. The molecule has 1 radical (unpaired) electrons. The van der Waals surface area contributed by atoms with Gasteiger partial charge >= 0.3 is 0 Å². The highest BCUT2D eigenvalue weighted by Gasteiger charge is 2.01. The van der Waals surface area contributed by atoms with E-state index in [4.69, 9.17) is 0 Å². The van der Waals surface area contributed by atoms with E-state index in [9.17, 15) is 0 Å². The van der Waals surface area contributed by atoms with Crippen molar-refractivity contribution < 1.29 is 0 Å². The van der Waals surface area contributed by atoms with Gasteiger partial charge in [0.1, 0.15) is 0 Å². The van der Waals surface area contributed by atoms with Gasteiger partial charge in [-0.1, -0.05) is 85.0 Å². The zero-order chi connectivity index (χ0) is 12.1. The van der Waals surface area contributed by atoms with Crippen molar-refractivity contribution in [1.29, 1.82) is 0 Å². The maximum atomic E-state index is 2.53. The molecule has 0 saturated carbocycles. The average Bonchev–Trinajstić information content (AvgIpc) is 2.28. The van der Waals surface area contributed by atoms with E-state index in [1.54, 1.807) is 0 Å². The van der Waals surface area contributed by atoms with Crippen molar-refractivity contribution in [2.75, 3.05) is 0 Å². The smallest absolute Gasteiger partial charge is 0.0383 e. The summed E-state index contributed by atoms with van der Waals surface area (Å²) < 4.78 is 0. The normalized spacial score (nSPS) is 12.9. The molecule has 0 nitrogen and oxygen atoms in total. The Labute approximate surface area is 104 Å². The number of unbranched alkanes of at least 4 members (excludes halogenated alkanes) is 8. The first-order chi connectivity index (χ1) is 7.81. The van der Waals surface area contributed by atoms with Gasteiger partial charge in [-0.05, 0) is 18.8 Å². The summed E-state index contributed by atoms with van der Waals surface area (Å²) in [6.45, 7) is 6.97. The first-order valence-corrected chi connectivity index (χ1v) is 7.62. The lowest BCUT2D eigenvalue weighted by Crippen LogP contribution is -1.95. The Balaban J connectivity index is 3.06. The molecule has 0 aromatic heterocycles. The molecule has 0 aliphatic carbocycles. The third-order valence-electron chi connectivity index (χ3n) is 3.38. The Kier molecular flexibility index (Phi) is 13.1. The van der Waals surface area contributed by atoms with Crippen LogP contribution in [0, 0.1) is 12.3 Å². The molecule has 0 aromatic rings. The molecule has 1 atom stereocenters. The molecule has 97 valence electrons. The van der Waals surface area contributed by atoms with Gasteiger partial charge in [0.2, 0.25) is 0 Å². The number of hydrogen-bond acceptors (Lipinski definition) is 0. The van der Waals surface area contributed by atoms with Crippen LogP contribution in [0.15, 0.2) is 0 Å². The van der Waals surface area contributed by atoms with Gasteiger partial charge in [-0.15, -0.1) is 0 Å². The zero-order valence-electron chi connectivity index (χ0n) is 11.9. The van der Waals surface area contributed by atoms with E-state index in [0.717, 1.165) is 5.92 Å². The molecule has 0 bridgehead atoms. The van der Waals surface area contributed by atoms with E-state index in [1.807, 2.05) is 0 Å². The summed E-state index contributed by atoms with van der Waals surface area (Å²) in [7, 11) is 0. The first kappa shape index (κ1) is 16.0. The van der Waals surface area contributed by atoms with Crippen molar-refractivity contribution in [3.05, 3.63) is 6.42 Å². The van der Waals surface area contributed by atoms with Crippen LogP contribution in [-0.4, -0.2) is 0 Å². The molecule has 0 spiro atoms.